The van der Waals surface area contributed by atoms with Gasteiger partial charge in [-0.1, -0.05) is 0 Å². The summed E-state index contributed by atoms with van der Waals surface area (Å²) >= 11 is 0. The maximum atomic E-state index is 9.22. The summed E-state index contributed by atoms with van der Waals surface area (Å²) in [7, 11) is 1.64. The first-order valence-corrected chi connectivity index (χ1v) is 6.12. The molecule has 0 aliphatic carbocycles. The molecule has 1 heterocycles. The zero-order valence-corrected chi connectivity index (χ0v) is 11.0. The van der Waals surface area contributed by atoms with Crippen LogP contribution in [0, 0.1) is 11.3 Å². The number of ether oxygens (including phenoxy) is 2. The van der Waals surface area contributed by atoms with E-state index in [1.807, 2.05) is 19.1 Å². The first kappa shape index (κ1) is 12.7. The zero-order valence-electron chi connectivity index (χ0n) is 11.0. The molecule has 1 aliphatic heterocycles. The van der Waals surface area contributed by atoms with Crippen LogP contribution in [-0.2, 0) is 4.74 Å². The van der Waals surface area contributed by atoms with Gasteiger partial charge >= 0.3 is 0 Å². The third-order valence-electron chi connectivity index (χ3n) is 3.24. The quantitative estimate of drug-likeness (QED) is 0.802. The topological polar surface area (TPSA) is 45.5 Å². The Morgan fingerprint density at radius 3 is 2.89 bits per heavy atom. The highest BCUT2D eigenvalue weighted by Crippen LogP contribution is 2.29. The lowest BCUT2D eigenvalue weighted by Gasteiger charge is -2.39. The summed E-state index contributed by atoms with van der Waals surface area (Å²) in [5, 5.41) is 9.22. The molecule has 0 N–H and O–H groups in total. The Bertz CT molecular complexity index is 467. The molecule has 0 aromatic heterocycles. The van der Waals surface area contributed by atoms with Crippen molar-refractivity contribution in [3.63, 3.8) is 0 Å². The number of hydrogen-bond donors (Lipinski definition) is 0. The lowest BCUT2D eigenvalue weighted by molar-refractivity contribution is 0.0343. The number of nitriles is 1. The van der Waals surface area contributed by atoms with Crippen molar-refractivity contribution in [2.75, 3.05) is 25.2 Å². The van der Waals surface area contributed by atoms with E-state index in [2.05, 4.69) is 17.9 Å². The maximum Gasteiger partial charge on any atom is 0.121 e. The lowest BCUT2D eigenvalue weighted by atomic mass is 10.1. The number of hydrogen-bond acceptors (Lipinski definition) is 4. The van der Waals surface area contributed by atoms with Crippen LogP contribution in [-0.4, -0.2) is 32.4 Å². The molecule has 0 radical (unpaired) electrons. The molecule has 1 aromatic rings. The van der Waals surface area contributed by atoms with Crippen molar-refractivity contribution in [2.24, 2.45) is 0 Å². The van der Waals surface area contributed by atoms with E-state index in [-0.39, 0.29) is 12.1 Å². The van der Waals surface area contributed by atoms with Crippen molar-refractivity contribution in [1.82, 2.24) is 0 Å². The number of methoxy groups -OCH3 is 1. The number of anilines is 1. The molecule has 1 aromatic carbocycles. The second-order valence-electron chi connectivity index (χ2n) is 4.64. The van der Waals surface area contributed by atoms with Gasteiger partial charge in [0.25, 0.3) is 0 Å². The van der Waals surface area contributed by atoms with Crippen LogP contribution >= 0.6 is 0 Å². The predicted molar refractivity (Wildman–Crippen MR) is 69.9 cm³/mol. The normalized spacial score (nSPS) is 23.6. The number of rotatable bonds is 2. The van der Waals surface area contributed by atoms with Gasteiger partial charge in [0.15, 0.2) is 0 Å². The first-order valence-electron chi connectivity index (χ1n) is 6.12. The fraction of sp³-hybridized carbons (Fsp3) is 0.500. The number of nitrogens with zero attached hydrogens (tertiary/aromatic N) is 2. The Morgan fingerprint density at radius 2 is 2.22 bits per heavy atom. The molecule has 0 spiro atoms. The lowest BCUT2D eigenvalue weighted by Crippen LogP contribution is -2.47. The smallest absolute Gasteiger partial charge is 0.121 e. The molecular formula is C14H18N2O2. The van der Waals surface area contributed by atoms with Crippen LogP contribution in [0.25, 0.3) is 0 Å². The monoisotopic (exact) mass is 246 g/mol. The second kappa shape index (κ2) is 5.28. The molecule has 2 atom stereocenters. The van der Waals surface area contributed by atoms with Gasteiger partial charge in [-0.3, -0.25) is 0 Å². The molecule has 4 nitrogen and oxygen atoms in total. The van der Waals surface area contributed by atoms with Crippen LogP contribution in [0.5, 0.6) is 5.75 Å². The molecule has 2 unspecified atom stereocenters. The third kappa shape index (κ3) is 2.41. The summed E-state index contributed by atoms with van der Waals surface area (Å²) in [6.07, 6.45) is 0.180. The number of benzene rings is 1. The van der Waals surface area contributed by atoms with E-state index in [4.69, 9.17) is 9.47 Å². The fourth-order valence-corrected chi connectivity index (χ4v) is 2.21. The van der Waals surface area contributed by atoms with Crippen LogP contribution in [0.3, 0.4) is 0 Å². The van der Waals surface area contributed by atoms with Gasteiger partial charge in [0.2, 0.25) is 0 Å². The van der Waals surface area contributed by atoms with Gasteiger partial charge in [0.05, 0.1) is 31.1 Å². The van der Waals surface area contributed by atoms with E-state index in [0.29, 0.717) is 12.2 Å². The van der Waals surface area contributed by atoms with E-state index in [0.717, 1.165) is 18.0 Å². The van der Waals surface area contributed by atoms with Crippen molar-refractivity contribution >= 4 is 5.69 Å². The molecule has 96 valence electrons. The largest absolute Gasteiger partial charge is 0.497 e. The minimum absolute atomic E-state index is 0.180. The molecule has 0 saturated carbocycles. The first-order chi connectivity index (χ1) is 8.65. The summed E-state index contributed by atoms with van der Waals surface area (Å²) in [5.74, 6) is 0.773. The van der Waals surface area contributed by atoms with E-state index in [1.165, 1.54) is 0 Å². The average molecular weight is 246 g/mol. The zero-order chi connectivity index (χ0) is 13.1. The van der Waals surface area contributed by atoms with Crippen LogP contribution in [0.1, 0.15) is 19.4 Å². The van der Waals surface area contributed by atoms with Crippen molar-refractivity contribution < 1.29 is 9.47 Å². The average Bonchev–Trinajstić information content (AvgIpc) is 2.40. The highest BCUT2D eigenvalue weighted by atomic mass is 16.5. The molecular weight excluding hydrogens is 228 g/mol. The third-order valence-corrected chi connectivity index (χ3v) is 3.24. The van der Waals surface area contributed by atoms with E-state index >= 15 is 0 Å². The maximum absolute atomic E-state index is 9.22. The van der Waals surface area contributed by atoms with E-state index < -0.39 is 0 Å². The van der Waals surface area contributed by atoms with Crippen molar-refractivity contribution in [1.29, 1.82) is 5.26 Å². The van der Waals surface area contributed by atoms with Crippen molar-refractivity contribution in [2.45, 2.75) is 26.0 Å². The summed E-state index contributed by atoms with van der Waals surface area (Å²) in [6.45, 7) is 5.63. The van der Waals surface area contributed by atoms with Gasteiger partial charge in [0, 0.05) is 18.7 Å². The van der Waals surface area contributed by atoms with Crippen molar-refractivity contribution in [3.05, 3.63) is 23.8 Å². The summed E-state index contributed by atoms with van der Waals surface area (Å²) in [5.41, 5.74) is 1.61. The molecule has 4 heteroatoms. The molecule has 2 rings (SSSR count). The molecule has 1 fully saturated rings. The SMILES string of the molecule is COc1ccc(C#N)c(N2CC(C)OCC2C)c1. The molecule has 0 bridgehead atoms. The molecule has 1 saturated heterocycles. The minimum Gasteiger partial charge on any atom is -0.497 e. The predicted octanol–water partition coefficient (Wildman–Crippen LogP) is 2.18. The highest BCUT2D eigenvalue weighted by Gasteiger charge is 2.25. The van der Waals surface area contributed by atoms with Crippen LogP contribution in [0.15, 0.2) is 18.2 Å². The highest BCUT2D eigenvalue weighted by molar-refractivity contribution is 5.63. The number of morpholine rings is 1. The van der Waals surface area contributed by atoms with Gasteiger partial charge in [0.1, 0.15) is 11.8 Å². The molecule has 1 aliphatic rings. The Morgan fingerprint density at radius 1 is 1.44 bits per heavy atom. The molecule has 18 heavy (non-hydrogen) atoms. The fourth-order valence-electron chi connectivity index (χ4n) is 2.21. The Kier molecular flexibility index (Phi) is 3.73. The van der Waals surface area contributed by atoms with Crippen LogP contribution < -0.4 is 9.64 Å². The standard InChI is InChI=1S/C14H18N2O2/c1-10-9-18-11(2)8-16(10)14-6-13(17-3)5-4-12(14)7-15/h4-6,10-11H,8-9H2,1-3H3. The van der Waals surface area contributed by atoms with Gasteiger partial charge in [-0.15, -0.1) is 0 Å². The Hall–Kier alpha value is -1.73. The van der Waals surface area contributed by atoms with E-state index in [9.17, 15) is 5.26 Å². The van der Waals surface area contributed by atoms with Gasteiger partial charge in [-0.2, -0.15) is 5.26 Å². The van der Waals surface area contributed by atoms with Crippen molar-refractivity contribution in [3.8, 4) is 11.8 Å². The summed E-state index contributed by atoms with van der Waals surface area (Å²) in [6, 6.07) is 8.05. The minimum atomic E-state index is 0.180. The molecule has 0 amide bonds. The van der Waals surface area contributed by atoms with E-state index in [1.54, 1.807) is 13.2 Å². The Labute approximate surface area is 108 Å². The Balaban J connectivity index is 2.38. The van der Waals surface area contributed by atoms with Crippen LogP contribution in [0.2, 0.25) is 0 Å². The van der Waals surface area contributed by atoms with Gasteiger partial charge in [-0.25, -0.2) is 0 Å². The summed E-state index contributed by atoms with van der Waals surface area (Å²) < 4.78 is 10.9. The van der Waals surface area contributed by atoms with Crippen LogP contribution in [0.4, 0.5) is 5.69 Å². The second-order valence-corrected chi connectivity index (χ2v) is 4.64. The van der Waals surface area contributed by atoms with Gasteiger partial charge in [-0.05, 0) is 26.0 Å². The summed E-state index contributed by atoms with van der Waals surface area (Å²) in [4.78, 5) is 2.22. The van der Waals surface area contributed by atoms with Gasteiger partial charge < -0.3 is 14.4 Å².